The molecule has 0 bridgehead atoms. The average molecular weight is 396 g/mol. The van der Waals surface area contributed by atoms with Gasteiger partial charge in [-0.05, 0) is 50.5 Å². The molecule has 0 atom stereocenters. The molecular formula is C21H25N5OS. The number of carbonyl (C=O) groups excluding carboxylic acids is 1. The van der Waals surface area contributed by atoms with E-state index in [-0.39, 0.29) is 5.91 Å². The van der Waals surface area contributed by atoms with Gasteiger partial charge in [0.15, 0.2) is 5.82 Å². The molecule has 0 unspecified atom stereocenters. The number of nitrogens with one attached hydrogen (secondary N) is 1. The Kier molecular flexibility index (Phi) is 6.46. The van der Waals surface area contributed by atoms with Gasteiger partial charge >= 0.3 is 0 Å². The van der Waals surface area contributed by atoms with Crippen molar-refractivity contribution in [2.75, 3.05) is 6.54 Å². The summed E-state index contributed by atoms with van der Waals surface area (Å²) in [6.07, 6.45) is 2.47. The molecule has 6 nitrogen and oxygen atoms in total. The third-order valence-electron chi connectivity index (χ3n) is 4.51. The molecule has 0 saturated carbocycles. The predicted octanol–water partition coefficient (Wildman–Crippen LogP) is 4.02. The Morgan fingerprint density at radius 1 is 1.14 bits per heavy atom. The molecule has 0 radical (unpaired) electrons. The van der Waals surface area contributed by atoms with E-state index in [1.807, 2.05) is 26.0 Å². The van der Waals surface area contributed by atoms with Crippen molar-refractivity contribution in [3.05, 3.63) is 64.5 Å². The lowest BCUT2D eigenvalue weighted by atomic mass is 10.1. The van der Waals surface area contributed by atoms with Crippen LogP contribution in [0.3, 0.4) is 0 Å². The third kappa shape index (κ3) is 4.59. The Hall–Kier alpha value is -2.67. The topological polar surface area (TPSA) is 72.7 Å². The van der Waals surface area contributed by atoms with Gasteiger partial charge in [0.1, 0.15) is 5.03 Å². The number of thioether (sulfide) groups is 1. The largest absolute Gasteiger partial charge is 0.352 e. The molecule has 0 aliphatic rings. The van der Waals surface area contributed by atoms with Gasteiger partial charge in [0.2, 0.25) is 0 Å². The molecule has 2 heterocycles. The van der Waals surface area contributed by atoms with Crippen molar-refractivity contribution in [2.45, 2.75) is 44.9 Å². The lowest BCUT2D eigenvalue weighted by molar-refractivity contribution is 0.0953. The molecule has 28 heavy (non-hydrogen) atoms. The Labute approximate surface area is 169 Å². The highest BCUT2D eigenvalue weighted by Crippen LogP contribution is 2.23. The summed E-state index contributed by atoms with van der Waals surface area (Å²) in [5.41, 5.74) is 5.16. The molecule has 0 spiro atoms. The quantitative estimate of drug-likeness (QED) is 0.612. The van der Waals surface area contributed by atoms with Crippen LogP contribution in [0.4, 0.5) is 0 Å². The minimum absolute atomic E-state index is 0.112. The lowest BCUT2D eigenvalue weighted by Crippen LogP contribution is -2.24. The Morgan fingerprint density at radius 2 is 1.96 bits per heavy atom. The van der Waals surface area contributed by atoms with Crippen molar-refractivity contribution in [3.63, 3.8) is 0 Å². The van der Waals surface area contributed by atoms with E-state index < -0.39 is 0 Å². The van der Waals surface area contributed by atoms with Gasteiger partial charge in [0, 0.05) is 12.3 Å². The monoisotopic (exact) mass is 395 g/mol. The average Bonchev–Trinajstić information content (AvgIpc) is 3.08. The lowest BCUT2D eigenvalue weighted by Gasteiger charge is -2.07. The molecule has 0 aliphatic heterocycles. The van der Waals surface area contributed by atoms with Gasteiger partial charge in [-0.15, -0.1) is 10.2 Å². The molecule has 1 amide bonds. The first kappa shape index (κ1) is 20.1. The van der Waals surface area contributed by atoms with Gasteiger partial charge in [-0.1, -0.05) is 42.4 Å². The maximum Gasteiger partial charge on any atom is 0.254 e. The second kappa shape index (κ2) is 9.01. The van der Waals surface area contributed by atoms with E-state index >= 15 is 0 Å². The maximum atomic E-state index is 12.2. The summed E-state index contributed by atoms with van der Waals surface area (Å²) in [7, 11) is 0. The summed E-state index contributed by atoms with van der Waals surface area (Å²) in [5, 5.41) is 16.6. The van der Waals surface area contributed by atoms with E-state index in [4.69, 9.17) is 0 Å². The first-order valence-corrected chi connectivity index (χ1v) is 10.3. The second-order valence-electron chi connectivity index (χ2n) is 6.76. The number of amides is 1. The molecule has 0 aliphatic carbocycles. The minimum Gasteiger partial charge on any atom is -0.352 e. The van der Waals surface area contributed by atoms with Gasteiger partial charge in [-0.25, -0.2) is 4.68 Å². The van der Waals surface area contributed by atoms with Crippen molar-refractivity contribution < 1.29 is 4.79 Å². The first-order valence-electron chi connectivity index (χ1n) is 9.35. The van der Waals surface area contributed by atoms with Crippen LogP contribution < -0.4 is 5.32 Å². The van der Waals surface area contributed by atoms with Crippen LogP contribution in [0.2, 0.25) is 0 Å². The van der Waals surface area contributed by atoms with E-state index in [9.17, 15) is 4.79 Å². The highest BCUT2D eigenvalue weighted by Gasteiger charge is 2.15. The standard InChI is InChI=1S/C21H25N5OS/c1-5-10-22-21(27)18-12-23-26(16(18)4)19-8-9-20(25-24-19)28-13-17-11-14(2)6-7-15(17)3/h6-9,11-12H,5,10,13H2,1-4H3,(H,22,27). The van der Waals surface area contributed by atoms with Crippen LogP contribution in [-0.4, -0.2) is 32.4 Å². The van der Waals surface area contributed by atoms with Gasteiger partial charge < -0.3 is 5.32 Å². The molecule has 7 heteroatoms. The van der Waals surface area contributed by atoms with Gasteiger partial charge in [-0.3, -0.25) is 4.79 Å². The Bertz CT molecular complexity index is 965. The van der Waals surface area contributed by atoms with Crippen LogP contribution in [0.5, 0.6) is 0 Å². The van der Waals surface area contributed by atoms with E-state index in [0.717, 1.165) is 22.9 Å². The molecular weight excluding hydrogens is 370 g/mol. The van der Waals surface area contributed by atoms with E-state index in [1.165, 1.54) is 16.7 Å². The maximum absolute atomic E-state index is 12.2. The Balaban J connectivity index is 1.70. The number of nitrogens with zero attached hydrogens (tertiary/aromatic N) is 4. The molecule has 3 rings (SSSR count). The van der Waals surface area contributed by atoms with Gasteiger partial charge in [0.05, 0.1) is 17.5 Å². The number of carbonyl (C=O) groups is 1. The highest BCUT2D eigenvalue weighted by atomic mass is 32.2. The van der Waals surface area contributed by atoms with Crippen molar-refractivity contribution in [3.8, 4) is 5.82 Å². The fraction of sp³-hybridized carbons (Fsp3) is 0.333. The van der Waals surface area contributed by atoms with Crippen molar-refractivity contribution in [2.24, 2.45) is 0 Å². The van der Waals surface area contributed by atoms with Crippen molar-refractivity contribution in [1.82, 2.24) is 25.3 Å². The number of benzene rings is 1. The van der Waals surface area contributed by atoms with Crippen molar-refractivity contribution >= 4 is 17.7 Å². The molecule has 0 fully saturated rings. The molecule has 1 aromatic carbocycles. The molecule has 1 N–H and O–H groups in total. The summed E-state index contributed by atoms with van der Waals surface area (Å²) in [4.78, 5) is 12.2. The summed E-state index contributed by atoms with van der Waals surface area (Å²) >= 11 is 1.66. The second-order valence-corrected chi connectivity index (χ2v) is 7.76. The van der Waals surface area contributed by atoms with Crippen molar-refractivity contribution in [1.29, 1.82) is 0 Å². The van der Waals surface area contributed by atoms with Gasteiger partial charge in [0.25, 0.3) is 5.91 Å². The van der Waals surface area contributed by atoms with Gasteiger partial charge in [-0.2, -0.15) is 5.10 Å². The molecule has 146 valence electrons. The molecule has 0 saturated heterocycles. The van der Waals surface area contributed by atoms with Crippen LogP contribution in [0.25, 0.3) is 5.82 Å². The van der Waals surface area contributed by atoms with Crippen LogP contribution in [-0.2, 0) is 5.75 Å². The third-order valence-corrected chi connectivity index (χ3v) is 5.48. The SMILES string of the molecule is CCCNC(=O)c1cnn(-c2ccc(SCc3cc(C)ccc3C)nn2)c1C. The molecule has 2 aromatic heterocycles. The predicted molar refractivity (Wildman–Crippen MR) is 112 cm³/mol. The summed E-state index contributed by atoms with van der Waals surface area (Å²) in [6.45, 7) is 8.75. The fourth-order valence-electron chi connectivity index (χ4n) is 2.81. The van der Waals surface area contributed by atoms with E-state index in [1.54, 1.807) is 22.6 Å². The Morgan fingerprint density at radius 3 is 2.68 bits per heavy atom. The summed E-state index contributed by atoms with van der Waals surface area (Å²) in [6, 6.07) is 10.3. The zero-order chi connectivity index (χ0) is 20.1. The van der Waals surface area contributed by atoms with Crippen LogP contribution in [0, 0.1) is 20.8 Å². The zero-order valence-corrected chi connectivity index (χ0v) is 17.5. The number of rotatable bonds is 7. The number of hydrogen-bond acceptors (Lipinski definition) is 5. The number of hydrogen-bond donors (Lipinski definition) is 1. The van der Waals surface area contributed by atoms with E-state index in [0.29, 0.717) is 17.9 Å². The minimum atomic E-state index is -0.112. The van der Waals surface area contributed by atoms with Crippen LogP contribution in [0.1, 0.15) is 46.1 Å². The number of aryl methyl sites for hydroxylation is 2. The first-order chi connectivity index (χ1) is 13.5. The summed E-state index contributed by atoms with van der Waals surface area (Å²) < 4.78 is 1.65. The normalized spacial score (nSPS) is 10.9. The summed E-state index contributed by atoms with van der Waals surface area (Å²) in [5.74, 6) is 1.34. The number of aromatic nitrogens is 4. The van der Waals surface area contributed by atoms with E-state index in [2.05, 4.69) is 52.7 Å². The van der Waals surface area contributed by atoms with Crippen LogP contribution >= 0.6 is 11.8 Å². The fourth-order valence-corrected chi connectivity index (χ4v) is 3.68. The smallest absolute Gasteiger partial charge is 0.254 e. The molecule has 3 aromatic rings. The highest BCUT2D eigenvalue weighted by molar-refractivity contribution is 7.98. The zero-order valence-electron chi connectivity index (χ0n) is 16.7. The van der Waals surface area contributed by atoms with Crippen LogP contribution in [0.15, 0.2) is 41.6 Å².